The van der Waals surface area contributed by atoms with Gasteiger partial charge in [-0.3, -0.25) is 4.79 Å². The molecule has 0 unspecified atom stereocenters. The van der Waals surface area contributed by atoms with Crippen molar-refractivity contribution in [3.05, 3.63) is 35.3 Å². The maximum absolute atomic E-state index is 12.8. The molecule has 3 aromatic rings. The van der Waals surface area contributed by atoms with Gasteiger partial charge in [-0.2, -0.15) is 4.98 Å². The number of hydrogen-bond acceptors (Lipinski definition) is 9. The van der Waals surface area contributed by atoms with Crippen LogP contribution in [0.2, 0.25) is 0 Å². The molecule has 2 aromatic heterocycles. The van der Waals surface area contributed by atoms with Gasteiger partial charge in [-0.25, -0.2) is 9.97 Å². The molecule has 0 radical (unpaired) electrons. The number of hydrogen-bond donors (Lipinski definition) is 2. The van der Waals surface area contributed by atoms with E-state index in [0.717, 1.165) is 16.1 Å². The largest absolute Gasteiger partial charge is 0.497 e. The van der Waals surface area contributed by atoms with E-state index in [1.54, 1.807) is 17.5 Å². The Bertz CT molecular complexity index is 1030. The van der Waals surface area contributed by atoms with Gasteiger partial charge in [-0.05, 0) is 24.1 Å². The molecule has 1 aliphatic rings. The van der Waals surface area contributed by atoms with Crippen LogP contribution in [0.25, 0.3) is 10.3 Å². The number of piperazine rings is 1. The number of aryl methyl sites for hydroxylation is 1. The highest BCUT2D eigenvalue weighted by Gasteiger charge is 2.31. The predicted molar refractivity (Wildman–Crippen MR) is 116 cm³/mol. The fourth-order valence-electron chi connectivity index (χ4n) is 3.70. The van der Waals surface area contributed by atoms with Crippen LogP contribution in [-0.2, 0) is 11.2 Å². The summed E-state index contributed by atoms with van der Waals surface area (Å²) < 4.78 is 5.17. The lowest BCUT2D eigenvalue weighted by molar-refractivity contribution is -0.134. The van der Waals surface area contributed by atoms with Crippen LogP contribution in [0.4, 0.5) is 11.8 Å². The van der Waals surface area contributed by atoms with Crippen LogP contribution in [0.1, 0.15) is 12.0 Å². The van der Waals surface area contributed by atoms with Gasteiger partial charge < -0.3 is 25.4 Å². The zero-order valence-corrected chi connectivity index (χ0v) is 17.5. The Hall–Kier alpha value is -2.98. The third-order valence-electron chi connectivity index (χ3n) is 5.30. The van der Waals surface area contributed by atoms with Crippen LogP contribution < -0.4 is 15.4 Å². The maximum atomic E-state index is 12.8. The molecule has 10 heteroatoms. The average molecular weight is 429 g/mol. The number of aliphatic hydroxyl groups excluding tert-OH is 1. The molecule has 0 saturated carbocycles. The first-order chi connectivity index (χ1) is 14.6. The van der Waals surface area contributed by atoms with Crippen LogP contribution in [0.5, 0.6) is 5.75 Å². The molecular formula is C20H24N6O3S. The first-order valence-electron chi connectivity index (χ1n) is 9.74. The SMILES string of the molecule is COc1ccc(CCC(=O)N2CCN(c3nc(N)nc4scnc34)C[C@H]2CO)cc1. The van der Waals surface area contributed by atoms with Crippen molar-refractivity contribution in [1.29, 1.82) is 0 Å². The van der Waals surface area contributed by atoms with Crippen molar-refractivity contribution in [1.82, 2.24) is 19.9 Å². The predicted octanol–water partition coefficient (Wildman–Crippen LogP) is 1.32. The summed E-state index contributed by atoms with van der Waals surface area (Å²) >= 11 is 1.41. The van der Waals surface area contributed by atoms with Gasteiger partial charge in [0.05, 0.1) is 25.3 Å². The number of aliphatic hydroxyl groups is 1. The Kier molecular flexibility index (Phi) is 5.96. The van der Waals surface area contributed by atoms with Crippen molar-refractivity contribution in [3.8, 4) is 5.75 Å². The van der Waals surface area contributed by atoms with E-state index in [0.29, 0.717) is 43.8 Å². The summed E-state index contributed by atoms with van der Waals surface area (Å²) in [5, 5.41) is 9.94. The highest BCUT2D eigenvalue weighted by molar-refractivity contribution is 7.16. The number of nitrogen functional groups attached to an aromatic ring is 1. The average Bonchev–Trinajstić information content (AvgIpc) is 3.25. The number of rotatable bonds is 6. The Morgan fingerprint density at radius 3 is 2.83 bits per heavy atom. The Morgan fingerprint density at radius 1 is 1.30 bits per heavy atom. The topological polar surface area (TPSA) is 118 Å². The number of aromatic nitrogens is 3. The van der Waals surface area contributed by atoms with Crippen molar-refractivity contribution in [2.45, 2.75) is 18.9 Å². The lowest BCUT2D eigenvalue weighted by Crippen LogP contribution is -2.57. The van der Waals surface area contributed by atoms with Crippen LogP contribution in [0.15, 0.2) is 29.8 Å². The molecule has 1 saturated heterocycles. The van der Waals surface area contributed by atoms with Crippen molar-refractivity contribution >= 4 is 39.4 Å². The molecule has 158 valence electrons. The lowest BCUT2D eigenvalue weighted by Gasteiger charge is -2.41. The van der Waals surface area contributed by atoms with Crippen LogP contribution in [0.3, 0.4) is 0 Å². The van der Waals surface area contributed by atoms with Gasteiger partial charge in [-0.1, -0.05) is 12.1 Å². The van der Waals surface area contributed by atoms with E-state index in [1.165, 1.54) is 11.3 Å². The molecule has 3 heterocycles. The van der Waals surface area contributed by atoms with E-state index >= 15 is 0 Å². The normalized spacial score (nSPS) is 16.8. The highest BCUT2D eigenvalue weighted by atomic mass is 32.1. The van der Waals surface area contributed by atoms with E-state index in [9.17, 15) is 9.90 Å². The van der Waals surface area contributed by atoms with E-state index in [2.05, 4.69) is 15.0 Å². The Labute approximate surface area is 178 Å². The minimum Gasteiger partial charge on any atom is -0.497 e. The van der Waals surface area contributed by atoms with Gasteiger partial charge >= 0.3 is 0 Å². The van der Waals surface area contributed by atoms with E-state index in [-0.39, 0.29) is 24.5 Å². The van der Waals surface area contributed by atoms with Gasteiger partial charge in [0.2, 0.25) is 11.9 Å². The smallest absolute Gasteiger partial charge is 0.223 e. The molecule has 1 amide bonds. The van der Waals surface area contributed by atoms with E-state index < -0.39 is 0 Å². The summed E-state index contributed by atoms with van der Waals surface area (Å²) in [5.41, 5.74) is 9.34. The summed E-state index contributed by atoms with van der Waals surface area (Å²) in [6.07, 6.45) is 1.03. The highest BCUT2D eigenvalue weighted by Crippen LogP contribution is 2.28. The molecule has 0 aliphatic carbocycles. The van der Waals surface area contributed by atoms with E-state index in [4.69, 9.17) is 10.5 Å². The summed E-state index contributed by atoms with van der Waals surface area (Å²) in [7, 11) is 1.63. The van der Waals surface area contributed by atoms with Gasteiger partial charge in [0.1, 0.15) is 11.3 Å². The third kappa shape index (κ3) is 4.14. The first kappa shape index (κ1) is 20.3. The molecule has 1 fully saturated rings. The van der Waals surface area contributed by atoms with Crippen molar-refractivity contribution in [3.63, 3.8) is 0 Å². The number of carbonyl (C=O) groups is 1. The number of anilines is 2. The molecule has 1 atom stereocenters. The van der Waals surface area contributed by atoms with Crippen LogP contribution in [-0.4, -0.2) is 70.3 Å². The third-order valence-corrected chi connectivity index (χ3v) is 6.02. The second-order valence-electron chi connectivity index (χ2n) is 7.13. The molecule has 0 spiro atoms. The lowest BCUT2D eigenvalue weighted by atomic mass is 10.1. The van der Waals surface area contributed by atoms with Crippen LogP contribution in [0, 0.1) is 0 Å². The van der Waals surface area contributed by atoms with Gasteiger partial charge in [0.25, 0.3) is 0 Å². The monoisotopic (exact) mass is 428 g/mol. The van der Waals surface area contributed by atoms with Crippen molar-refractivity contribution in [2.24, 2.45) is 0 Å². The van der Waals surface area contributed by atoms with Gasteiger partial charge in [0.15, 0.2) is 10.6 Å². The molecule has 3 N–H and O–H groups in total. The Morgan fingerprint density at radius 2 is 2.10 bits per heavy atom. The number of fused-ring (bicyclic) bond motifs is 1. The number of carbonyl (C=O) groups excluding carboxylic acids is 1. The number of benzene rings is 1. The molecule has 4 rings (SSSR count). The minimum atomic E-state index is -0.313. The fourth-order valence-corrected chi connectivity index (χ4v) is 4.36. The van der Waals surface area contributed by atoms with Crippen LogP contribution >= 0.6 is 11.3 Å². The first-order valence-corrected chi connectivity index (χ1v) is 10.6. The van der Waals surface area contributed by atoms with E-state index in [1.807, 2.05) is 29.2 Å². The summed E-state index contributed by atoms with van der Waals surface area (Å²) in [5.74, 6) is 1.68. The number of thiazole rings is 1. The molecule has 30 heavy (non-hydrogen) atoms. The van der Waals surface area contributed by atoms with Gasteiger partial charge in [0, 0.05) is 26.1 Å². The number of nitrogens with zero attached hydrogens (tertiary/aromatic N) is 5. The number of nitrogens with two attached hydrogens (primary N) is 1. The number of amides is 1. The van der Waals surface area contributed by atoms with Gasteiger partial charge in [-0.15, -0.1) is 11.3 Å². The fraction of sp³-hybridized carbons (Fsp3) is 0.400. The zero-order chi connectivity index (χ0) is 21.1. The second kappa shape index (κ2) is 8.80. The summed E-state index contributed by atoms with van der Waals surface area (Å²) in [6, 6.07) is 7.40. The molecule has 1 aromatic carbocycles. The molecular weight excluding hydrogens is 404 g/mol. The summed E-state index contributed by atoms with van der Waals surface area (Å²) in [6.45, 7) is 1.44. The van der Waals surface area contributed by atoms with Crippen molar-refractivity contribution < 1.29 is 14.6 Å². The summed E-state index contributed by atoms with van der Waals surface area (Å²) in [4.78, 5) is 30.3. The Balaban J connectivity index is 1.42. The quantitative estimate of drug-likeness (QED) is 0.604. The maximum Gasteiger partial charge on any atom is 0.223 e. The minimum absolute atomic E-state index is 0.0329. The standard InChI is InChI=1S/C20H24N6O3S/c1-29-15-5-2-13(3-6-15)4-7-16(28)26-9-8-25(10-14(26)11-27)18-17-19(30-12-22-17)24-20(21)23-18/h2-3,5-6,12,14,27H,4,7-11H2,1H3,(H2,21,23,24)/t14-/m0/s1. The zero-order valence-electron chi connectivity index (χ0n) is 16.7. The van der Waals surface area contributed by atoms with Crippen molar-refractivity contribution in [2.75, 3.05) is 44.0 Å². The number of ether oxygens (including phenoxy) is 1. The molecule has 1 aliphatic heterocycles. The molecule has 9 nitrogen and oxygen atoms in total. The molecule has 0 bridgehead atoms. The number of methoxy groups -OCH3 is 1. The second-order valence-corrected chi connectivity index (χ2v) is 7.96.